The van der Waals surface area contributed by atoms with Crippen LogP contribution in [0.2, 0.25) is 0 Å². The van der Waals surface area contributed by atoms with E-state index in [0.717, 1.165) is 86.6 Å². The quantitative estimate of drug-likeness (QED) is 0.0214. The smallest absolute Gasteiger partial charge is 0.261 e. The number of hydrogen-bond acceptors (Lipinski definition) is 19. The van der Waals surface area contributed by atoms with Crippen molar-refractivity contribution in [2.45, 2.75) is 87.1 Å². The molecule has 4 aromatic carbocycles. The largest absolute Gasteiger partial charge is 0.744 e. The molecule has 2 heterocycles. The van der Waals surface area contributed by atoms with Crippen LogP contribution in [0.5, 0.6) is 0 Å². The highest BCUT2D eigenvalue weighted by Gasteiger charge is 2.28. The first-order chi connectivity index (χ1) is 41.1. The Morgan fingerprint density at radius 2 is 0.874 bits per heavy atom. The second kappa shape index (κ2) is 29.8. The fourth-order valence-electron chi connectivity index (χ4n) is 10.1. The zero-order chi connectivity index (χ0) is 64.3. The molecule has 87 heavy (non-hydrogen) atoms. The lowest BCUT2D eigenvalue weighted by molar-refractivity contribution is 0.185. The predicted octanol–water partition coefficient (Wildman–Crippen LogP) is 5.39. The highest BCUT2D eigenvalue weighted by molar-refractivity contribution is 8.13. The lowest BCUT2D eigenvalue weighted by Gasteiger charge is -2.23. The normalized spacial score (nSPS) is 12.2. The van der Waals surface area contributed by atoms with E-state index >= 15 is 0 Å². The Labute approximate surface area is 512 Å². The molecular formula is C60H75ClN6O16S4. The molecule has 8 rings (SSSR count). The molecule has 4 aliphatic rings. The lowest BCUT2D eigenvalue weighted by atomic mass is 9.93. The molecule has 0 saturated heterocycles. The van der Waals surface area contributed by atoms with E-state index < -0.39 is 84.2 Å². The maximum absolute atomic E-state index is 13.0. The summed E-state index contributed by atoms with van der Waals surface area (Å²) in [7, 11) is -13.5. The maximum Gasteiger partial charge on any atom is 0.261 e. The number of benzene rings is 6. The van der Waals surface area contributed by atoms with Crippen LogP contribution in [-0.2, 0) is 39.3 Å². The molecule has 4 aromatic rings. The van der Waals surface area contributed by atoms with Gasteiger partial charge >= 0.3 is 0 Å². The van der Waals surface area contributed by atoms with Gasteiger partial charge in [-0.05, 0) is 116 Å². The Balaban J connectivity index is 0.000000255. The number of aliphatic hydroxyl groups excluding tert-OH is 4. The first kappa shape index (κ1) is 69.7. The number of nitrogens with one attached hydrogen (secondary N) is 1. The molecule has 0 atom stereocenters. The Morgan fingerprint density at radius 1 is 0.506 bits per heavy atom. The van der Waals surface area contributed by atoms with Gasteiger partial charge in [-0.25, -0.2) is 47.5 Å². The Morgan fingerprint density at radius 3 is 1.20 bits per heavy atom. The third-order valence-corrected chi connectivity index (χ3v) is 19.3. The first-order valence-electron chi connectivity index (χ1n) is 28.2. The summed E-state index contributed by atoms with van der Waals surface area (Å²) in [5, 5.41) is 37.7. The maximum atomic E-state index is 13.0. The number of nitrogens with zero attached hydrogens (tertiary/aromatic N) is 4. The third-order valence-electron chi connectivity index (χ3n) is 14.7. The number of fused-ring (bicyclic) bond motifs is 4. The van der Waals surface area contributed by atoms with Crippen LogP contribution in [0.1, 0.15) is 55.4 Å². The topological polar surface area (TPSA) is 340 Å². The fraction of sp³-hybridized carbons (Fsp3) is 0.367. The number of nitrogens with two attached hydrogens (primary N) is 1. The monoisotopic (exact) mass is 1300 g/mol. The van der Waals surface area contributed by atoms with Crippen molar-refractivity contribution >= 4 is 83.3 Å². The minimum Gasteiger partial charge on any atom is -0.744 e. The van der Waals surface area contributed by atoms with E-state index in [1.54, 1.807) is 12.1 Å². The van der Waals surface area contributed by atoms with E-state index in [1.807, 2.05) is 116 Å². The van der Waals surface area contributed by atoms with Crippen molar-refractivity contribution in [2.24, 2.45) is 5.73 Å². The fourth-order valence-corrected chi connectivity index (χ4v) is 13.7. The number of rotatable bonds is 22. The zero-order valence-corrected chi connectivity index (χ0v) is 53.6. The van der Waals surface area contributed by atoms with Gasteiger partial charge in [0.1, 0.15) is 69.1 Å². The molecule has 2 aliphatic carbocycles. The highest BCUT2D eigenvalue weighted by Crippen LogP contribution is 2.45. The van der Waals surface area contributed by atoms with Crippen molar-refractivity contribution in [1.29, 1.82) is 0 Å². The van der Waals surface area contributed by atoms with E-state index in [9.17, 15) is 53.0 Å². The second-order valence-corrected chi connectivity index (χ2v) is 26.8. The number of halogens is 1. The molecule has 27 heteroatoms. The van der Waals surface area contributed by atoms with Crippen molar-refractivity contribution in [1.82, 2.24) is 13.9 Å². The molecule has 0 bridgehead atoms. The third kappa shape index (κ3) is 16.1. The Hall–Kier alpha value is -6.37. The van der Waals surface area contributed by atoms with Gasteiger partial charge in [0.2, 0.25) is 20.7 Å². The zero-order valence-electron chi connectivity index (χ0n) is 49.6. The number of anilines is 2. The summed E-state index contributed by atoms with van der Waals surface area (Å²) < 4.78 is 144. The van der Waals surface area contributed by atoms with E-state index in [4.69, 9.17) is 35.5 Å². The van der Waals surface area contributed by atoms with E-state index in [-0.39, 0.29) is 24.3 Å². The molecule has 0 radical (unpaired) electrons. The van der Waals surface area contributed by atoms with Crippen LogP contribution in [0.4, 0.5) is 11.4 Å². The number of hydrogen-bond donors (Lipinski definition) is 6. The van der Waals surface area contributed by atoms with Crippen LogP contribution in [-0.4, -0.2) is 154 Å². The van der Waals surface area contributed by atoms with Crippen molar-refractivity contribution in [2.75, 3.05) is 88.6 Å². The lowest BCUT2D eigenvalue weighted by Crippen LogP contribution is -2.40. The molecule has 0 amide bonds. The van der Waals surface area contributed by atoms with E-state index in [1.165, 1.54) is 24.3 Å². The van der Waals surface area contributed by atoms with Crippen LogP contribution in [0.25, 0.3) is 66.8 Å². The summed E-state index contributed by atoms with van der Waals surface area (Å²) in [6.07, 6.45) is 0. The van der Waals surface area contributed by atoms with E-state index in [0.29, 0.717) is 55.7 Å². The Kier molecular flexibility index (Phi) is 23.8. The molecule has 0 aromatic heterocycles. The standard InChI is InChI=1S/C30H37N3O8S2.C27H29ClN2O6S2.C3H9NO2/c1-5-32(6-2)21-9-12-24-27(15-21)41-28-16-22(33(7-3)8-4)10-13-25(28)30(24)26-14-11-23(17-29(26)43(38,39)40)42(36,37)31-20(18-34)19-35;1-5-29(6-2)18-9-12-21-24(15-18)36-25-16-19(30(7-3)8-4)10-13-22(25)27(21)23-14-11-20(37(28,31)32)17-26(23)38(33,34)35;4-3(1-5)2-6/h9-17,20,31,34-35H,5-8,18-19H2,1-4H3;9-17H,5-8H2,1-4H3;3,5-6H,1-2,4H2. The van der Waals surface area contributed by atoms with Gasteiger partial charge in [0, 0.05) is 117 Å². The number of sulfonamides is 1. The predicted molar refractivity (Wildman–Crippen MR) is 336 cm³/mol. The van der Waals surface area contributed by atoms with Gasteiger partial charge in [-0.1, -0.05) is 12.1 Å². The summed E-state index contributed by atoms with van der Waals surface area (Å²) in [5.41, 5.74) is 9.83. The van der Waals surface area contributed by atoms with Crippen molar-refractivity contribution in [3.63, 3.8) is 0 Å². The Bertz CT molecular complexity index is 4280. The summed E-state index contributed by atoms with van der Waals surface area (Å²) in [4.78, 5) is 1.91. The van der Waals surface area contributed by atoms with Gasteiger partial charge in [-0.2, -0.15) is 0 Å². The molecule has 0 spiro atoms. The second-order valence-electron chi connectivity index (χ2n) is 19.8. The minimum absolute atomic E-state index is 0.0202. The van der Waals surface area contributed by atoms with Gasteiger partial charge in [0.05, 0.1) is 70.2 Å². The van der Waals surface area contributed by atoms with Gasteiger partial charge in [-0.3, -0.25) is 0 Å². The van der Waals surface area contributed by atoms with Crippen molar-refractivity contribution < 1.29 is 72.0 Å². The molecule has 472 valence electrons. The molecule has 2 aliphatic heterocycles. The van der Waals surface area contributed by atoms with Crippen LogP contribution >= 0.6 is 10.7 Å². The van der Waals surface area contributed by atoms with Crippen LogP contribution in [0.3, 0.4) is 0 Å². The number of aliphatic hydroxyl groups is 4. The molecule has 7 N–H and O–H groups in total. The van der Waals surface area contributed by atoms with Crippen molar-refractivity contribution in [3.05, 3.63) is 120 Å². The molecule has 0 fully saturated rings. The average Bonchev–Trinajstić information content (AvgIpc) is 0.926. The minimum atomic E-state index is -5.19. The highest BCUT2D eigenvalue weighted by atomic mass is 35.7. The van der Waals surface area contributed by atoms with Crippen LogP contribution < -0.4 is 40.1 Å². The summed E-state index contributed by atoms with van der Waals surface area (Å²) in [6.45, 7) is 20.8. The van der Waals surface area contributed by atoms with Gasteiger partial charge in [0.15, 0.2) is 0 Å². The van der Waals surface area contributed by atoms with Gasteiger partial charge in [-0.15, -0.1) is 0 Å². The molecule has 0 unspecified atom stereocenters. The molecule has 0 saturated carbocycles. The van der Waals surface area contributed by atoms with Crippen molar-refractivity contribution in [3.8, 4) is 44.9 Å². The van der Waals surface area contributed by atoms with Crippen LogP contribution in [0.15, 0.2) is 138 Å². The molecule has 22 nitrogen and oxygen atoms in total. The average molecular weight is 1300 g/mol. The summed E-state index contributed by atoms with van der Waals surface area (Å²) in [6, 6.07) is 27.3. The van der Waals surface area contributed by atoms with Gasteiger partial charge < -0.3 is 53.9 Å². The molecular weight excluding hydrogens is 1220 g/mol. The van der Waals surface area contributed by atoms with Crippen LogP contribution in [0, 0.1) is 0 Å². The SMILES string of the molecule is CCN(CC)c1ccc2c(-c3ccc(S(=O)(=O)Cl)cc3S(=O)(=O)[O-])c3ccc(=[N+](CC)CC)cc-3oc2c1.CCN(CC)c1ccc2c(-c3ccc(S(=O)(=O)NC(CO)CO)cc3S(=O)(=O)[O-])c3ccc(=[N+](CC)CC)cc-3oc2c1.NC(CO)CO. The summed E-state index contributed by atoms with van der Waals surface area (Å²) in [5.74, 6) is 0.960. The van der Waals surface area contributed by atoms with E-state index in [2.05, 4.69) is 23.7 Å². The summed E-state index contributed by atoms with van der Waals surface area (Å²) >= 11 is 0. The van der Waals surface area contributed by atoms with Gasteiger partial charge in [0.25, 0.3) is 9.05 Å². The first-order valence-corrected chi connectivity index (χ1v) is 34.8.